The lowest BCUT2D eigenvalue weighted by Crippen LogP contribution is -2.16. The Labute approximate surface area is 150 Å². The molecule has 3 aromatic rings. The second-order valence-electron chi connectivity index (χ2n) is 5.04. The van der Waals surface area contributed by atoms with Crippen LogP contribution < -0.4 is 15.6 Å². The molecule has 0 saturated heterocycles. The fraction of sp³-hybridized carbons (Fsp3) is 0.125. The SMILES string of the molecule is O=c1cc(CNc2ccc(OC(F)F)c(Cl)c2)nc2ccc(Cl)cn12. The van der Waals surface area contributed by atoms with Gasteiger partial charge in [0.2, 0.25) is 0 Å². The first kappa shape index (κ1) is 17.4. The summed E-state index contributed by atoms with van der Waals surface area (Å²) in [6, 6.07) is 8.99. The molecule has 130 valence electrons. The number of aromatic nitrogens is 2. The van der Waals surface area contributed by atoms with Crippen LogP contribution in [0.5, 0.6) is 5.75 Å². The lowest BCUT2D eigenvalue weighted by molar-refractivity contribution is -0.0497. The van der Waals surface area contributed by atoms with Crippen molar-refractivity contribution in [2.75, 3.05) is 5.32 Å². The van der Waals surface area contributed by atoms with Crippen LogP contribution in [0.3, 0.4) is 0 Å². The van der Waals surface area contributed by atoms with Gasteiger partial charge in [0.15, 0.2) is 0 Å². The second-order valence-corrected chi connectivity index (χ2v) is 5.88. The second kappa shape index (κ2) is 7.25. The first-order valence-electron chi connectivity index (χ1n) is 7.08. The van der Waals surface area contributed by atoms with Gasteiger partial charge in [-0.3, -0.25) is 9.20 Å². The number of ether oxygens (including phenoxy) is 1. The molecule has 0 aliphatic rings. The lowest BCUT2D eigenvalue weighted by Gasteiger charge is -2.10. The van der Waals surface area contributed by atoms with E-state index in [9.17, 15) is 13.6 Å². The smallest absolute Gasteiger partial charge is 0.387 e. The molecule has 0 radical (unpaired) electrons. The van der Waals surface area contributed by atoms with E-state index in [0.29, 0.717) is 22.1 Å². The number of pyridine rings is 1. The Balaban J connectivity index is 1.77. The van der Waals surface area contributed by atoms with Gasteiger partial charge in [-0.05, 0) is 30.3 Å². The maximum Gasteiger partial charge on any atom is 0.387 e. The monoisotopic (exact) mass is 385 g/mol. The quantitative estimate of drug-likeness (QED) is 0.714. The van der Waals surface area contributed by atoms with Gasteiger partial charge < -0.3 is 10.1 Å². The number of alkyl halides is 2. The maximum atomic E-state index is 12.2. The van der Waals surface area contributed by atoms with Crippen LogP contribution in [0.15, 0.2) is 47.4 Å². The Morgan fingerprint density at radius 3 is 2.72 bits per heavy atom. The molecule has 0 amide bonds. The van der Waals surface area contributed by atoms with Crippen molar-refractivity contribution in [1.29, 1.82) is 0 Å². The molecule has 5 nitrogen and oxygen atoms in total. The van der Waals surface area contributed by atoms with E-state index < -0.39 is 6.61 Å². The van der Waals surface area contributed by atoms with Gasteiger partial charge in [0.25, 0.3) is 5.56 Å². The largest absolute Gasteiger partial charge is 0.433 e. The lowest BCUT2D eigenvalue weighted by atomic mass is 10.3. The maximum absolute atomic E-state index is 12.2. The zero-order valence-corrected chi connectivity index (χ0v) is 14.1. The van der Waals surface area contributed by atoms with Crippen LogP contribution in [0.25, 0.3) is 5.65 Å². The Hall–Kier alpha value is -2.38. The van der Waals surface area contributed by atoms with E-state index in [-0.39, 0.29) is 22.9 Å². The molecular formula is C16H11Cl2F2N3O2. The Morgan fingerprint density at radius 1 is 1.20 bits per heavy atom. The van der Waals surface area contributed by atoms with Gasteiger partial charge in [0, 0.05) is 18.0 Å². The predicted octanol–water partition coefficient (Wildman–Crippen LogP) is 4.21. The van der Waals surface area contributed by atoms with Crippen molar-refractivity contribution in [1.82, 2.24) is 9.38 Å². The predicted molar refractivity (Wildman–Crippen MR) is 91.9 cm³/mol. The molecular weight excluding hydrogens is 375 g/mol. The zero-order chi connectivity index (χ0) is 18.0. The summed E-state index contributed by atoms with van der Waals surface area (Å²) in [5.41, 5.74) is 1.29. The van der Waals surface area contributed by atoms with Crippen molar-refractivity contribution in [3.63, 3.8) is 0 Å². The molecule has 25 heavy (non-hydrogen) atoms. The van der Waals surface area contributed by atoms with Crippen molar-refractivity contribution in [3.05, 3.63) is 68.7 Å². The first-order chi connectivity index (χ1) is 11.9. The molecule has 1 N–H and O–H groups in total. The highest BCUT2D eigenvalue weighted by atomic mass is 35.5. The summed E-state index contributed by atoms with van der Waals surface area (Å²) in [6.45, 7) is -2.70. The summed E-state index contributed by atoms with van der Waals surface area (Å²) in [6.07, 6.45) is 1.49. The number of benzene rings is 1. The zero-order valence-electron chi connectivity index (χ0n) is 12.5. The third kappa shape index (κ3) is 4.18. The molecule has 0 spiro atoms. The summed E-state index contributed by atoms with van der Waals surface area (Å²) < 4.78 is 30.1. The molecule has 0 bridgehead atoms. The van der Waals surface area contributed by atoms with E-state index in [4.69, 9.17) is 23.2 Å². The Kier molecular flexibility index (Phi) is 5.06. The van der Waals surface area contributed by atoms with Crippen molar-refractivity contribution in [3.8, 4) is 5.75 Å². The van der Waals surface area contributed by atoms with Crippen molar-refractivity contribution >= 4 is 34.5 Å². The van der Waals surface area contributed by atoms with Crippen molar-refractivity contribution < 1.29 is 13.5 Å². The van der Waals surface area contributed by atoms with Crippen molar-refractivity contribution in [2.45, 2.75) is 13.2 Å². The minimum atomic E-state index is -2.94. The van der Waals surface area contributed by atoms with Gasteiger partial charge in [-0.15, -0.1) is 0 Å². The molecule has 0 aliphatic heterocycles. The average Bonchev–Trinajstić information content (AvgIpc) is 2.55. The molecule has 2 aromatic heterocycles. The highest BCUT2D eigenvalue weighted by Gasteiger charge is 2.09. The van der Waals surface area contributed by atoms with Crippen LogP contribution in [0, 0.1) is 0 Å². The van der Waals surface area contributed by atoms with E-state index in [1.165, 1.54) is 34.9 Å². The molecule has 1 aromatic carbocycles. The number of fused-ring (bicyclic) bond motifs is 1. The Morgan fingerprint density at radius 2 is 2.00 bits per heavy atom. The van der Waals surface area contributed by atoms with Gasteiger partial charge in [0.05, 0.1) is 22.3 Å². The third-order valence-electron chi connectivity index (χ3n) is 3.30. The van der Waals surface area contributed by atoms with E-state index in [0.717, 1.165) is 0 Å². The van der Waals surface area contributed by atoms with E-state index in [2.05, 4.69) is 15.0 Å². The van der Waals surface area contributed by atoms with E-state index in [1.807, 2.05) is 0 Å². The minimum absolute atomic E-state index is 0.0477. The first-order valence-corrected chi connectivity index (χ1v) is 7.84. The fourth-order valence-corrected chi connectivity index (χ4v) is 2.60. The topological polar surface area (TPSA) is 55.6 Å². The van der Waals surface area contributed by atoms with Crippen molar-refractivity contribution in [2.24, 2.45) is 0 Å². The van der Waals surface area contributed by atoms with E-state index in [1.54, 1.807) is 12.1 Å². The third-order valence-corrected chi connectivity index (χ3v) is 3.82. The molecule has 9 heteroatoms. The molecule has 0 fully saturated rings. The summed E-state index contributed by atoms with van der Waals surface area (Å²) >= 11 is 11.8. The van der Waals surface area contributed by atoms with Crippen LogP contribution in [0.2, 0.25) is 10.0 Å². The summed E-state index contributed by atoms with van der Waals surface area (Å²) in [4.78, 5) is 16.4. The van der Waals surface area contributed by atoms with Gasteiger partial charge >= 0.3 is 6.61 Å². The molecule has 0 aliphatic carbocycles. The fourth-order valence-electron chi connectivity index (χ4n) is 2.21. The van der Waals surface area contributed by atoms with Gasteiger partial charge in [-0.25, -0.2) is 4.98 Å². The summed E-state index contributed by atoms with van der Waals surface area (Å²) in [5, 5.41) is 3.50. The average molecular weight is 386 g/mol. The number of nitrogens with one attached hydrogen (secondary N) is 1. The van der Waals surface area contributed by atoms with Gasteiger partial charge in [0.1, 0.15) is 11.4 Å². The van der Waals surface area contributed by atoms with Crippen LogP contribution >= 0.6 is 23.2 Å². The van der Waals surface area contributed by atoms with Crippen LogP contribution in [-0.2, 0) is 6.54 Å². The normalized spacial score (nSPS) is 11.1. The van der Waals surface area contributed by atoms with Crippen LogP contribution in [0.1, 0.15) is 5.69 Å². The Bertz CT molecular complexity index is 979. The van der Waals surface area contributed by atoms with Gasteiger partial charge in [-0.1, -0.05) is 23.2 Å². The minimum Gasteiger partial charge on any atom is -0.433 e. The number of rotatable bonds is 5. The highest BCUT2D eigenvalue weighted by Crippen LogP contribution is 2.29. The number of nitrogens with zero attached hydrogens (tertiary/aromatic N) is 2. The standard InChI is InChI=1S/C16H11Cl2F2N3O2/c17-9-1-4-14-22-11(6-15(24)23(14)8-9)7-21-10-2-3-13(12(18)5-10)25-16(19)20/h1-6,8,16,21H,7H2. The number of anilines is 1. The molecule has 3 rings (SSSR count). The highest BCUT2D eigenvalue weighted by molar-refractivity contribution is 6.32. The molecule has 0 unspecified atom stereocenters. The molecule has 0 saturated carbocycles. The number of hydrogen-bond donors (Lipinski definition) is 1. The summed E-state index contributed by atoms with van der Waals surface area (Å²) in [7, 11) is 0. The van der Waals surface area contributed by atoms with Crippen LogP contribution in [-0.4, -0.2) is 16.0 Å². The van der Waals surface area contributed by atoms with Gasteiger partial charge in [-0.2, -0.15) is 8.78 Å². The number of hydrogen-bond acceptors (Lipinski definition) is 4. The van der Waals surface area contributed by atoms with Crippen LogP contribution in [0.4, 0.5) is 14.5 Å². The molecule has 2 heterocycles. The molecule has 0 atom stereocenters. The van der Waals surface area contributed by atoms with E-state index >= 15 is 0 Å². The number of halogens is 4. The summed E-state index contributed by atoms with van der Waals surface area (Å²) in [5.74, 6) is -0.110.